The maximum absolute atomic E-state index is 9.55. The van der Waals surface area contributed by atoms with E-state index < -0.39 is 25.0 Å². The molecule has 67 heavy (non-hydrogen) atoms. The van der Waals surface area contributed by atoms with Crippen LogP contribution < -0.4 is 18.9 Å². The smallest absolute Gasteiger partial charge is 0.259 e. The van der Waals surface area contributed by atoms with Gasteiger partial charge in [-0.25, -0.2) is 4.67 Å². The molecule has 0 amide bonds. The number of nitriles is 1. The molecular weight excluding hydrogens is 856 g/mol. The summed E-state index contributed by atoms with van der Waals surface area (Å²) >= 11 is 0. The van der Waals surface area contributed by atoms with Gasteiger partial charge in [-0.1, -0.05) is 116 Å². The van der Waals surface area contributed by atoms with Crippen LogP contribution in [0.2, 0.25) is 0 Å². The standard InChI is InChI=1S/C57H67N2O7P/c1-43(2)59(44(3)4)67(65-40-16-39-58)66-42-55(5,37-38-56(45-17-12-10-13-18-45,46-21-29-51(60-6)30-22-46)47-23-31-52(61-7)32-24-47)41-64-57(48-19-14-11-15-20-48,49-25-33-53(62-8)34-26-49)50-27-35-54(63-9)36-28-50/h10-15,17-36,43-44H,16,37-38,40-42H2,1-9H3. The average Bonchev–Trinajstić information content (AvgIpc) is 3.37. The van der Waals surface area contributed by atoms with Crippen molar-refractivity contribution in [2.24, 2.45) is 5.41 Å². The van der Waals surface area contributed by atoms with Crippen LogP contribution in [0.25, 0.3) is 0 Å². The summed E-state index contributed by atoms with van der Waals surface area (Å²) in [6.07, 6.45) is 1.59. The summed E-state index contributed by atoms with van der Waals surface area (Å²) < 4.78 is 46.4. The Kier molecular flexibility index (Phi) is 18.0. The summed E-state index contributed by atoms with van der Waals surface area (Å²) in [5, 5.41) is 9.55. The van der Waals surface area contributed by atoms with Crippen LogP contribution in [0.15, 0.2) is 158 Å². The third kappa shape index (κ3) is 11.9. The molecule has 0 spiro atoms. The lowest BCUT2D eigenvalue weighted by atomic mass is 9.64. The van der Waals surface area contributed by atoms with Gasteiger partial charge >= 0.3 is 0 Å². The van der Waals surface area contributed by atoms with Crippen LogP contribution in [0.5, 0.6) is 23.0 Å². The second-order valence-corrected chi connectivity index (χ2v) is 19.1. The van der Waals surface area contributed by atoms with E-state index >= 15 is 0 Å². The van der Waals surface area contributed by atoms with E-state index in [-0.39, 0.29) is 31.7 Å². The number of nitrogens with zero attached hydrogens (tertiary/aromatic N) is 2. The molecule has 9 nitrogen and oxygen atoms in total. The summed E-state index contributed by atoms with van der Waals surface area (Å²) in [4.78, 5) is 0. The molecule has 6 rings (SSSR count). The van der Waals surface area contributed by atoms with Crippen molar-refractivity contribution in [3.8, 4) is 29.1 Å². The van der Waals surface area contributed by atoms with Crippen LogP contribution in [-0.2, 0) is 24.8 Å². The zero-order valence-corrected chi connectivity index (χ0v) is 41.5. The second kappa shape index (κ2) is 23.8. The molecule has 0 aliphatic carbocycles. The minimum Gasteiger partial charge on any atom is -0.497 e. The van der Waals surface area contributed by atoms with Crippen molar-refractivity contribution in [1.29, 1.82) is 5.26 Å². The van der Waals surface area contributed by atoms with E-state index in [0.717, 1.165) is 56.4 Å². The van der Waals surface area contributed by atoms with E-state index in [9.17, 15) is 5.26 Å². The minimum atomic E-state index is -1.57. The average molecular weight is 923 g/mol. The van der Waals surface area contributed by atoms with E-state index in [1.54, 1.807) is 28.4 Å². The molecule has 0 N–H and O–H groups in total. The number of hydrogen-bond donors (Lipinski definition) is 0. The number of methoxy groups -OCH3 is 4. The normalized spacial score (nSPS) is 13.2. The van der Waals surface area contributed by atoms with Crippen molar-refractivity contribution in [2.75, 3.05) is 48.3 Å². The summed E-state index contributed by atoms with van der Waals surface area (Å²) in [6, 6.07) is 56.8. The molecule has 0 heterocycles. The third-order valence-corrected chi connectivity index (χ3v) is 14.6. The van der Waals surface area contributed by atoms with Crippen molar-refractivity contribution in [3.05, 3.63) is 191 Å². The monoisotopic (exact) mass is 922 g/mol. The molecule has 0 saturated carbocycles. The van der Waals surface area contributed by atoms with Gasteiger partial charge in [-0.3, -0.25) is 0 Å². The molecule has 0 bridgehead atoms. The van der Waals surface area contributed by atoms with Crippen molar-refractivity contribution in [1.82, 2.24) is 4.67 Å². The molecule has 6 aromatic carbocycles. The molecule has 0 fully saturated rings. The predicted octanol–water partition coefficient (Wildman–Crippen LogP) is 13.1. The first-order chi connectivity index (χ1) is 32.5. The van der Waals surface area contributed by atoms with E-state index in [1.165, 1.54) is 0 Å². The molecule has 0 aliphatic heterocycles. The lowest BCUT2D eigenvalue weighted by Gasteiger charge is -2.43. The van der Waals surface area contributed by atoms with Gasteiger partial charge < -0.3 is 32.7 Å². The van der Waals surface area contributed by atoms with Crippen LogP contribution in [0.4, 0.5) is 0 Å². The van der Waals surface area contributed by atoms with Gasteiger partial charge in [0.1, 0.15) is 28.6 Å². The first-order valence-electron chi connectivity index (χ1n) is 23.0. The van der Waals surface area contributed by atoms with Gasteiger partial charge in [0.25, 0.3) is 8.53 Å². The maximum Gasteiger partial charge on any atom is 0.259 e. The molecule has 6 aromatic rings. The SMILES string of the molecule is COc1ccc(C(CCC(C)(COP(OCCC#N)N(C(C)C)C(C)C)COC(c2ccccc2)(c2ccc(OC)cc2)c2ccc(OC)cc2)(c2ccccc2)c2ccc(OC)cc2)cc1. The van der Waals surface area contributed by atoms with Crippen molar-refractivity contribution in [2.45, 2.75) is 77.0 Å². The highest BCUT2D eigenvalue weighted by Crippen LogP contribution is 2.51. The van der Waals surface area contributed by atoms with Gasteiger partial charge in [-0.05, 0) is 122 Å². The third-order valence-electron chi connectivity index (χ3n) is 12.5. The van der Waals surface area contributed by atoms with E-state index in [0.29, 0.717) is 19.4 Å². The van der Waals surface area contributed by atoms with Gasteiger partial charge in [0.2, 0.25) is 0 Å². The van der Waals surface area contributed by atoms with Gasteiger partial charge in [0, 0.05) is 22.9 Å². The van der Waals surface area contributed by atoms with Crippen LogP contribution >= 0.6 is 8.53 Å². The van der Waals surface area contributed by atoms with Gasteiger partial charge in [0.05, 0.1) is 60.7 Å². The Hall–Kier alpha value is -5.72. The lowest BCUT2D eigenvalue weighted by Crippen LogP contribution is -2.41. The molecule has 0 saturated heterocycles. The Morgan fingerprint density at radius 2 is 0.866 bits per heavy atom. The van der Waals surface area contributed by atoms with Crippen LogP contribution in [0, 0.1) is 16.7 Å². The summed E-state index contributed by atoms with van der Waals surface area (Å²) in [5.41, 5.74) is 3.91. The fourth-order valence-electron chi connectivity index (χ4n) is 8.96. The first kappa shape index (κ1) is 50.7. The van der Waals surface area contributed by atoms with Gasteiger partial charge in [-0.2, -0.15) is 5.26 Å². The Bertz CT molecular complexity index is 2170. The first-order valence-corrected chi connectivity index (χ1v) is 24.1. The van der Waals surface area contributed by atoms with E-state index in [4.69, 9.17) is 32.7 Å². The maximum atomic E-state index is 9.55. The molecule has 2 unspecified atom stereocenters. The highest BCUT2D eigenvalue weighted by molar-refractivity contribution is 7.44. The molecule has 2 atom stereocenters. The Morgan fingerprint density at radius 3 is 1.25 bits per heavy atom. The Morgan fingerprint density at radius 1 is 0.493 bits per heavy atom. The predicted molar refractivity (Wildman–Crippen MR) is 269 cm³/mol. The number of ether oxygens (including phenoxy) is 5. The summed E-state index contributed by atoms with van der Waals surface area (Å²) in [7, 11) is 5.17. The molecular formula is C57H67N2O7P. The Labute approximate surface area is 400 Å². The van der Waals surface area contributed by atoms with Gasteiger partial charge in [-0.15, -0.1) is 0 Å². The lowest BCUT2D eigenvalue weighted by molar-refractivity contribution is -0.0546. The highest BCUT2D eigenvalue weighted by atomic mass is 31.2. The van der Waals surface area contributed by atoms with Gasteiger partial charge in [0.15, 0.2) is 0 Å². The quantitative estimate of drug-likeness (QED) is 0.0316. The van der Waals surface area contributed by atoms with Crippen molar-refractivity contribution >= 4 is 8.53 Å². The summed E-state index contributed by atoms with van der Waals surface area (Å²) in [6.45, 7) is 11.7. The minimum absolute atomic E-state index is 0.127. The van der Waals surface area contributed by atoms with Crippen LogP contribution in [0.3, 0.4) is 0 Å². The topological polar surface area (TPSA) is 91.6 Å². The highest BCUT2D eigenvalue weighted by Gasteiger charge is 2.44. The zero-order valence-electron chi connectivity index (χ0n) is 40.6. The van der Waals surface area contributed by atoms with Crippen LogP contribution in [0.1, 0.15) is 87.3 Å². The molecule has 0 aromatic heterocycles. The number of hydrogen-bond acceptors (Lipinski definition) is 9. The van der Waals surface area contributed by atoms with Crippen molar-refractivity contribution < 1.29 is 32.7 Å². The number of rotatable bonds is 25. The molecule has 10 heteroatoms. The summed E-state index contributed by atoms with van der Waals surface area (Å²) in [5.74, 6) is 3.06. The molecule has 352 valence electrons. The largest absolute Gasteiger partial charge is 0.497 e. The zero-order chi connectivity index (χ0) is 47.9. The molecule has 0 aliphatic rings. The van der Waals surface area contributed by atoms with E-state index in [2.05, 4.69) is 148 Å². The van der Waals surface area contributed by atoms with Crippen LogP contribution in [-0.4, -0.2) is 65.0 Å². The van der Waals surface area contributed by atoms with Crippen molar-refractivity contribution in [3.63, 3.8) is 0 Å². The fourth-order valence-corrected chi connectivity index (χ4v) is 10.7. The number of benzene rings is 6. The van der Waals surface area contributed by atoms with E-state index in [1.807, 2.05) is 54.6 Å². The Balaban J connectivity index is 1.54. The second-order valence-electron chi connectivity index (χ2n) is 17.7. The fraction of sp³-hybridized carbons (Fsp3) is 0.351. The molecule has 0 radical (unpaired) electrons.